The number of hydrogen-bond donors (Lipinski definition) is 0. The molecule has 2 aliphatic heterocycles. The molecule has 31 heavy (non-hydrogen) atoms. The Morgan fingerprint density at radius 3 is 2.71 bits per heavy atom. The second kappa shape index (κ2) is 9.12. The summed E-state index contributed by atoms with van der Waals surface area (Å²) < 4.78 is 7.33. The smallest absolute Gasteiger partial charge is 0.276 e. The van der Waals surface area contributed by atoms with Crippen LogP contribution in [0.4, 0.5) is 0 Å². The number of hydrogen-bond acceptors (Lipinski definition) is 4. The third kappa shape index (κ3) is 4.45. The SMILES string of the molecule is COc1cc(C)cnc1C(=O)N1CCCC(C2CCCCN2C(=O)c2ccn(C)c2)C1. The van der Waals surface area contributed by atoms with Crippen molar-refractivity contribution in [3.8, 4) is 5.75 Å². The quantitative estimate of drug-likeness (QED) is 0.755. The number of methoxy groups -OCH3 is 1. The summed E-state index contributed by atoms with van der Waals surface area (Å²) >= 11 is 0. The molecule has 0 aliphatic carbocycles. The van der Waals surface area contributed by atoms with Crippen LogP contribution in [0.2, 0.25) is 0 Å². The lowest BCUT2D eigenvalue weighted by Crippen LogP contribution is -2.52. The number of amides is 2. The summed E-state index contributed by atoms with van der Waals surface area (Å²) in [5.74, 6) is 0.821. The summed E-state index contributed by atoms with van der Waals surface area (Å²) in [6, 6.07) is 3.91. The Morgan fingerprint density at radius 1 is 1.13 bits per heavy atom. The lowest BCUT2D eigenvalue weighted by atomic mass is 9.84. The number of ether oxygens (including phenoxy) is 1. The number of carbonyl (C=O) groups is 2. The largest absolute Gasteiger partial charge is 0.494 e. The Bertz CT molecular complexity index is 954. The number of piperidine rings is 2. The second-order valence-electron chi connectivity index (χ2n) is 8.84. The van der Waals surface area contributed by atoms with E-state index in [4.69, 9.17) is 4.74 Å². The number of rotatable bonds is 4. The topological polar surface area (TPSA) is 67.7 Å². The minimum Gasteiger partial charge on any atom is -0.494 e. The number of nitrogens with zero attached hydrogens (tertiary/aromatic N) is 4. The fraction of sp³-hybridized carbons (Fsp3) is 0.542. The zero-order chi connectivity index (χ0) is 22.0. The van der Waals surface area contributed by atoms with Gasteiger partial charge in [-0.25, -0.2) is 4.98 Å². The maximum Gasteiger partial charge on any atom is 0.276 e. The lowest BCUT2D eigenvalue weighted by molar-refractivity contribution is 0.0346. The summed E-state index contributed by atoms with van der Waals surface area (Å²) in [6.07, 6.45) is 10.6. The number of pyridine rings is 1. The van der Waals surface area contributed by atoms with Gasteiger partial charge in [-0.3, -0.25) is 9.59 Å². The highest BCUT2D eigenvalue weighted by Crippen LogP contribution is 2.32. The Kier molecular flexibility index (Phi) is 6.30. The van der Waals surface area contributed by atoms with Crippen molar-refractivity contribution >= 4 is 11.8 Å². The molecule has 2 aromatic rings. The fourth-order valence-electron chi connectivity index (χ4n) is 5.01. The fourth-order valence-corrected chi connectivity index (χ4v) is 5.01. The van der Waals surface area contributed by atoms with Crippen LogP contribution < -0.4 is 4.74 Å². The standard InChI is InChI=1S/C24H32N4O3/c1-17-13-21(31-3)22(25-14-17)24(30)27-10-6-7-18(16-27)20-8-4-5-11-28(20)23(29)19-9-12-26(2)15-19/h9,12-15,18,20H,4-8,10-11,16H2,1-3H3. The molecule has 0 bridgehead atoms. The van der Waals surface area contributed by atoms with E-state index in [0.29, 0.717) is 24.5 Å². The van der Waals surface area contributed by atoms with E-state index < -0.39 is 0 Å². The van der Waals surface area contributed by atoms with Crippen molar-refractivity contribution in [3.63, 3.8) is 0 Å². The summed E-state index contributed by atoms with van der Waals surface area (Å²) in [6.45, 7) is 4.09. The molecule has 2 aromatic heterocycles. The van der Waals surface area contributed by atoms with Crippen LogP contribution in [0.25, 0.3) is 0 Å². The lowest BCUT2D eigenvalue weighted by Gasteiger charge is -2.44. The molecule has 7 heteroatoms. The highest BCUT2D eigenvalue weighted by Gasteiger charge is 2.37. The molecule has 4 heterocycles. The molecule has 0 saturated carbocycles. The molecule has 2 unspecified atom stereocenters. The van der Waals surface area contributed by atoms with Crippen LogP contribution in [0.15, 0.2) is 30.7 Å². The summed E-state index contributed by atoms with van der Waals surface area (Å²) in [5.41, 5.74) is 2.07. The van der Waals surface area contributed by atoms with Gasteiger partial charge in [-0.2, -0.15) is 0 Å². The van der Waals surface area contributed by atoms with Crippen LogP contribution in [0, 0.1) is 12.8 Å². The predicted octanol–water partition coefficient (Wildman–Crippen LogP) is 3.28. The van der Waals surface area contributed by atoms with Gasteiger partial charge in [0, 0.05) is 51.3 Å². The molecule has 0 aromatic carbocycles. The van der Waals surface area contributed by atoms with Gasteiger partial charge < -0.3 is 19.1 Å². The van der Waals surface area contributed by atoms with E-state index in [1.165, 1.54) is 0 Å². The van der Waals surface area contributed by atoms with E-state index in [1.54, 1.807) is 13.3 Å². The highest BCUT2D eigenvalue weighted by atomic mass is 16.5. The molecule has 0 radical (unpaired) electrons. The van der Waals surface area contributed by atoms with Crippen LogP contribution in [0.3, 0.4) is 0 Å². The van der Waals surface area contributed by atoms with Crippen LogP contribution in [0.1, 0.15) is 58.5 Å². The predicted molar refractivity (Wildman–Crippen MR) is 118 cm³/mol. The first-order valence-electron chi connectivity index (χ1n) is 11.2. The molecular weight excluding hydrogens is 392 g/mol. The van der Waals surface area contributed by atoms with Crippen molar-refractivity contribution in [1.82, 2.24) is 19.4 Å². The molecular formula is C24H32N4O3. The van der Waals surface area contributed by atoms with Gasteiger partial charge in [-0.1, -0.05) is 0 Å². The second-order valence-corrected chi connectivity index (χ2v) is 8.84. The van der Waals surface area contributed by atoms with Gasteiger partial charge in [0.15, 0.2) is 5.69 Å². The average molecular weight is 425 g/mol. The summed E-state index contributed by atoms with van der Waals surface area (Å²) in [7, 11) is 3.50. The molecule has 0 spiro atoms. The van der Waals surface area contributed by atoms with Gasteiger partial charge in [-0.05, 0) is 62.6 Å². The van der Waals surface area contributed by atoms with Crippen molar-refractivity contribution in [2.45, 2.75) is 45.1 Å². The van der Waals surface area contributed by atoms with Crippen molar-refractivity contribution in [1.29, 1.82) is 0 Å². The van der Waals surface area contributed by atoms with Crippen molar-refractivity contribution < 1.29 is 14.3 Å². The van der Waals surface area contributed by atoms with Gasteiger partial charge in [0.05, 0.1) is 12.7 Å². The minimum atomic E-state index is -0.0849. The molecule has 2 fully saturated rings. The average Bonchev–Trinajstić information content (AvgIpc) is 3.24. The van der Waals surface area contributed by atoms with E-state index >= 15 is 0 Å². The van der Waals surface area contributed by atoms with Crippen LogP contribution in [-0.4, -0.2) is 64.0 Å². The Labute approximate surface area is 184 Å². The van der Waals surface area contributed by atoms with Crippen LogP contribution in [0.5, 0.6) is 5.75 Å². The Balaban J connectivity index is 1.51. The zero-order valence-electron chi connectivity index (χ0n) is 18.7. The molecule has 4 rings (SSSR count). The van der Waals surface area contributed by atoms with E-state index in [1.807, 2.05) is 48.0 Å². The Morgan fingerprint density at radius 2 is 1.97 bits per heavy atom. The maximum absolute atomic E-state index is 13.3. The van der Waals surface area contributed by atoms with E-state index in [-0.39, 0.29) is 23.8 Å². The van der Waals surface area contributed by atoms with Gasteiger partial charge in [0.2, 0.25) is 0 Å². The molecule has 2 amide bonds. The monoisotopic (exact) mass is 424 g/mol. The van der Waals surface area contributed by atoms with Gasteiger partial charge in [0.25, 0.3) is 11.8 Å². The van der Waals surface area contributed by atoms with Gasteiger partial charge in [-0.15, -0.1) is 0 Å². The van der Waals surface area contributed by atoms with Crippen LogP contribution in [-0.2, 0) is 7.05 Å². The Hall–Kier alpha value is -2.83. The molecule has 2 aliphatic rings. The number of aromatic nitrogens is 2. The zero-order valence-corrected chi connectivity index (χ0v) is 18.7. The molecule has 166 valence electrons. The highest BCUT2D eigenvalue weighted by molar-refractivity contribution is 5.95. The third-order valence-corrected chi connectivity index (χ3v) is 6.59. The minimum absolute atomic E-state index is 0.0849. The molecule has 2 saturated heterocycles. The molecule has 7 nitrogen and oxygen atoms in total. The van der Waals surface area contributed by atoms with Crippen molar-refractivity contribution in [3.05, 3.63) is 47.5 Å². The van der Waals surface area contributed by atoms with E-state index in [2.05, 4.69) is 9.88 Å². The molecule has 2 atom stereocenters. The van der Waals surface area contributed by atoms with Crippen molar-refractivity contribution in [2.24, 2.45) is 13.0 Å². The summed E-state index contributed by atoms with van der Waals surface area (Å²) in [5, 5.41) is 0. The van der Waals surface area contributed by atoms with E-state index in [9.17, 15) is 9.59 Å². The number of aryl methyl sites for hydroxylation is 2. The normalized spacial score (nSPS) is 21.8. The van der Waals surface area contributed by atoms with Gasteiger partial charge in [0.1, 0.15) is 5.75 Å². The first kappa shape index (κ1) is 21.4. The number of likely N-dealkylation sites (tertiary alicyclic amines) is 2. The van der Waals surface area contributed by atoms with E-state index in [0.717, 1.165) is 49.8 Å². The maximum atomic E-state index is 13.3. The van der Waals surface area contributed by atoms with Crippen molar-refractivity contribution in [2.75, 3.05) is 26.7 Å². The third-order valence-electron chi connectivity index (χ3n) is 6.59. The van der Waals surface area contributed by atoms with Crippen LogP contribution >= 0.6 is 0 Å². The molecule has 0 N–H and O–H groups in total. The summed E-state index contributed by atoms with van der Waals surface area (Å²) in [4.78, 5) is 34.8. The first-order chi connectivity index (χ1) is 15.0. The first-order valence-corrected chi connectivity index (χ1v) is 11.2. The van der Waals surface area contributed by atoms with Gasteiger partial charge >= 0.3 is 0 Å². The number of carbonyl (C=O) groups excluding carboxylic acids is 2.